The maximum atomic E-state index is 11.0. The molecule has 0 fully saturated rings. The molecule has 0 saturated heterocycles. The number of hydrogen-bond donors (Lipinski definition) is 2. The molecular weight excluding hydrogens is 152 g/mol. The minimum Gasteiger partial charge on any atom is -0.338 e. The van der Waals surface area contributed by atoms with Gasteiger partial charge in [-0.15, -0.1) is 6.42 Å². The van der Waals surface area contributed by atoms with Gasteiger partial charge in [-0.2, -0.15) is 0 Å². The Morgan fingerprint density at radius 1 is 1.50 bits per heavy atom. The summed E-state index contributed by atoms with van der Waals surface area (Å²) < 4.78 is 0. The molecule has 0 radical (unpaired) electrons. The molecule has 0 aliphatic rings. The van der Waals surface area contributed by atoms with E-state index in [0.29, 0.717) is 12.5 Å². The Bertz CT molecular complexity index is 181. The quantitative estimate of drug-likeness (QED) is 0.606. The molecule has 0 aromatic carbocycles. The standard InChI is InChI=1S/C9H16N2O/c1-5-8(4)11-9(12)10-6-7(2)3/h1,7-8H,6H2,2-4H3,(H2,10,11,12). The van der Waals surface area contributed by atoms with Crippen LogP contribution < -0.4 is 10.6 Å². The second-order valence-electron chi connectivity index (χ2n) is 3.14. The Hall–Kier alpha value is -1.17. The van der Waals surface area contributed by atoms with Crippen molar-refractivity contribution in [2.45, 2.75) is 26.8 Å². The van der Waals surface area contributed by atoms with E-state index < -0.39 is 0 Å². The van der Waals surface area contributed by atoms with Gasteiger partial charge in [-0.1, -0.05) is 19.8 Å². The van der Waals surface area contributed by atoms with E-state index in [4.69, 9.17) is 6.42 Å². The average Bonchev–Trinajstić information content (AvgIpc) is 2.00. The Morgan fingerprint density at radius 3 is 2.50 bits per heavy atom. The summed E-state index contributed by atoms with van der Waals surface area (Å²) in [4.78, 5) is 11.0. The first-order valence-electron chi connectivity index (χ1n) is 4.06. The summed E-state index contributed by atoms with van der Waals surface area (Å²) in [6.45, 7) is 6.49. The molecule has 0 aromatic rings. The Labute approximate surface area is 73.9 Å². The maximum Gasteiger partial charge on any atom is 0.315 e. The van der Waals surface area contributed by atoms with Crippen LogP contribution in [0.15, 0.2) is 0 Å². The SMILES string of the molecule is C#CC(C)NC(=O)NCC(C)C. The van der Waals surface area contributed by atoms with E-state index in [0.717, 1.165) is 0 Å². The molecule has 1 unspecified atom stereocenters. The average molecular weight is 168 g/mol. The van der Waals surface area contributed by atoms with E-state index >= 15 is 0 Å². The van der Waals surface area contributed by atoms with Crippen molar-refractivity contribution in [2.24, 2.45) is 5.92 Å². The van der Waals surface area contributed by atoms with E-state index in [9.17, 15) is 4.79 Å². The van der Waals surface area contributed by atoms with Crippen molar-refractivity contribution in [3.63, 3.8) is 0 Å². The fourth-order valence-electron chi connectivity index (χ4n) is 0.586. The number of hydrogen-bond acceptors (Lipinski definition) is 1. The van der Waals surface area contributed by atoms with Crippen LogP contribution in [0.2, 0.25) is 0 Å². The van der Waals surface area contributed by atoms with Crippen LogP contribution in [0.3, 0.4) is 0 Å². The lowest BCUT2D eigenvalue weighted by atomic mass is 10.2. The number of terminal acetylenes is 1. The normalized spacial score (nSPS) is 11.9. The minimum absolute atomic E-state index is 0.200. The van der Waals surface area contributed by atoms with E-state index in [1.807, 2.05) is 13.8 Å². The van der Waals surface area contributed by atoms with Crippen LogP contribution in [0, 0.1) is 18.3 Å². The predicted molar refractivity (Wildman–Crippen MR) is 49.7 cm³/mol. The number of amides is 2. The van der Waals surface area contributed by atoms with Gasteiger partial charge in [-0.3, -0.25) is 0 Å². The highest BCUT2D eigenvalue weighted by atomic mass is 16.2. The van der Waals surface area contributed by atoms with E-state index in [-0.39, 0.29) is 12.1 Å². The fraction of sp³-hybridized carbons (Fsp3) is 0.667. The summed E-state index contributed by atoms with van der Waals surface area (Å²) in [5.41, 5.74) is 0. The number of carbonyl (C=O) groups is 1. The molecule has 2 amide bonds. The van der Waals surface area contributed by atoms with Crippen molar-refractivity contribution in [2.75, 3.05) is 6.54 Å². The van der Waals surface area contributed by atoms with Crippen LogP contribution in [0.1, 0.15) is 20.8 Å². The summed E-state index contributed by atoms with van der Waals surface area (Å²) >= 11 is 0. The number of carbonyl (C=O) groups excluding carboxylic acids is 1. The molecule has 0 rings (SSSR count). The van der Waals surface area contributed by atoms with Crippen LogP contribution in [0.5, 0.6) is 0 Å². The van der Waals surface area contributed by atoms with Crippen LogP contribution in [0.25, 0.3) is 0 Å². The van der Waals surface area contributed by atoms with Gasteiger partial charge in [-0.05, 0) is 12.8 Å². The van der Waals surface area contributed by atoms with Crippen molar-refractivity contribution in [3.05, 3.63) is 0 Å². The zero-order valence-electron chi connectivity index (χ0n) is 7.85. The van der Waals surface area contributed by atoms with E-state index in [2.05, 4.69) is 16.6 Å². The second kappa shape index (κ2) is 5.48. The van der Waals surface area contributed by atoms with Gasteiger partial charge in [0, 0.05) is 6.54 Å². The lowest BCUT2D eigenvalue weighted by molar-refractivity contribution is 0.238. The Morgan fingerprint density at radius 2 is 2.08 bits per heavy atom. The molecule has 0 aliphatic carbocycles. The molecule has 0 aromatic heterocycles. The molecule has 68 valence electrons. The molecule has 0 heterocycles. The molecular formula is C9H16N2O. The summed E-state index contributed by atoms with van der Waals surface area (Å²) in [6.07, 6.45) is 5.08. The summed E-state index contributed by atoms with van der Waals surface area (Å²) in [5, 5.41) is 5.30. The van der Waals surface area contributed by atoms with Crippen LogP contribution in [-0.2, 0) is 0 Å². The molecule has 0 spiro atoms. The van der Waals surface area contributed by atoms with Crippen LogP contribution >= 0.6 is 0 Å². The molecule has 12 heavy (non-hydrogen) atoms. The third kappa shape index (κ3) is 5.60. The highest BCUT2D eigenvalue weighted by Gasteiger charge is 2.03. The summed E-state index contributed by atoms with van der Waals surface area (Å²) in [6, 6.07) is -0.411. The van der Waals surface area contributed by atoms with Crippen molar-refractivity contribution in [1.82, 2.24) is 10.6 Å². The van der Waals surface area contributed by atoms with Crippen molar-refractivity contribution < 1.29 is 4.79 Å². The highest BCUT2D eigenvalue weighted by molar-refractivity contribution is 5.74. The molecule has 3 heteroatoms. The third-order valence-electron chi connectivity index (χ3n) is 1.27. The van der Waals surface area contributed by atoms with Gasteiger partial charge in [-0.25, -0.2) is 4.79 Å². The first-order chi connectivity index (χ1) is 5.56. The van der Waals surface area contributed by atoms with Gasteiger partial charge in [0.05, 0.1) is 6.04 Å². The third-order valence-corrected chi connectivity index (χ3v) is 1.27. The zero-order valence-corrected chi connectivity index (χ0v) is 7.85. The topological polar surface area (TPSA) is 41.1 Å². The molecule has 1 atom stereocenters. The lowest BCUT2D eigenvalue weighted by Gasteiger charge is -2.10. The van der Waals surface area contributed by atoms with Gasteiger partial charge >= 0.3 is 6.03 Å². The second-order valence-corrected chi connectivity index (χ2v) is 3.14. The molecule has 3 nitrogen and oxygen atoms in total. The van der Waals surface area contributed by atoms with Gasteiger partial charge in [0.15, 0.2) is 0 Å². The highest BCUT2D eigenvalue weighted by Crippen LogP contribution is 1.86. The summed E-state index contributed by atoms with van der Waals surface area (Å²) in [7, 11) is 0. The largest absolute Gasteiger partial charge is 0.338 e. The van der Waals surface area contributed by atoms with Crippen molar-refractivity contribution in [1.29, 1.82) is 0 Å². The Balaban J connectivity index is 3.55. The molecule has 2 N–H and O–H groups in total. The monoisotopic (exact) mass is 168 g/mol. The predicted octanol–water partition coefficient (Wildman–Crippen LogP) is 0.963. The van der Waals surface area contributed by atoms with Gasteiger partial charge in [0.2, 0.25) is 0 Å². The van der Waals surface area contributed by atoms with E-state index in [1.165, 1.54) is 0 Å². The molecule has 0 aliphatic heterocycles. The van der Waals surface area contributed by atoms with Crippen molar-refractivity contribution in [3.8, 4) is 12.3 Å². The smallest absolute Gasteiger partial charge is 0.315 e. The minimum atomic E-state index is -0.211. The maximum absolute atomic E-state index is 11.0. The fourth-order valence-corrected chi connectivity index (χ4v) is 0.586. The van der Waals surface area contributed by atoms with Crippen molar-refractivity contribution >= 4 is 6.03 Å². The van der Waals surface area contributed by atoms with Crippen LogP contribution in [0.4, 0.5) is 4.79 Å². The number of nitrogens with one attached hydrogen (secondary N) is 2. The number of rotatable bonds is 3. The molecule has 0 bridgehead atoms. The summed E-state index contributed by atoms with van der Waals surface area (Å²) in [5.74, 6) is 2.87. The number of urea groups is 1. The zero-order chi connectivity index (χ0) is 9.56. The van der Waals surface area contributed by atoms with E-state index in [1.54, 1.807) is 6.92 Å². The lowest BCUT2D eigenvalue weighted by Crippen LogP contribution is -2.41. The van der Waals surface area contributed by atoms with Gasteiger partial charge < -0.3 is 10.6 Å². The first kappa shape index (κ1) is 10.8. The van der Waals surface area contributed by atoms with Gasteiger partial charge in [0.25, 0.3) is 0 Å². The van der Waals surface area contributed by atoms with Gasteiger partial charge in [0.1, 0.15) is 0 Å². The molecule has 0 saturated carbocycles. The first-order valence-corrected chi connectivity index (χ1v) is 4.06. The van der Waals surface area contributed by atoms with Crippen LogP contribution in [-0.4, -0.2) is 18.6 Å². The Kier molecular flexibility index (Phi) is 4.94.